The predicted octanol–water partition coefficient (Wildman–Crippen LogP) is 3.90. The van der Waals surface area contributed by atoms with Gasteiger partial charge in [-0.2, -0.15) is 0 Å². The van der Waals surface area contributed by atoms with E-state index >= 15 is 0 Å². The number of hydrogen-bond acceptors (Lipinski definition) is 5. The average Bonchev–Trinajstić information content (AvgIpc) is 2.67. The van der Waals surface area contributed by atoms with Crippen molar-refractivity contribution in [2.45, 2.75) is 33.8 Å². The van der Waals surface area contributed by atoms with Gasteiger partial charge in [0.1, 0.15) is 12.4 Å². The van der Waals surface area contributed by atoms with Crippen molar-refractivity contribution in [2.75, 3.05) is 25.1 Å². The van der Waals surface area contributed by atoms with Crippen LogP contribution in [0.5, 0.6) is 5.75 Å². The van der Waals surface area contributed by atoms with E-state index in [2.05, 4.69) is 5.32 Å². The quantitative estimate of drug-likeness (QED) is 0.523. The van der Waals surface area contributed by atoms with Gasteiger partial charge in [0, 0.05) is 17.9 Å². The van der Waals surface area contributed by atoms with Crippen LogP contribution >= 0.6 is 0 Å². The summed E-state index contributed by atoms with van der Waals surface area (Å²) in [7, 11) is 0. The van der Waals surface area contributed by atoms with Crippen LogP contribution in [0.1, 0.15) is 35.3 Å². The first-order chi connectivity index (χ1) is 13.4. The van der Waals surface area contributed by atoms with Crippen molar-refractivity contribution in [3.05, 3.63) is 59.2 Å². The second-order valence-corrected chi connectivity index (χ2v) is 6.42. The lowest BCUT2D eigenvalue weighted by Crippen LogP contribution is -2.27. The summed E-state index contributed by atoms with van der Waals surface area (Å²) in [5.41, 5.74) is 3.42. The summed E-state index contributed by atoms with van der Waals surface area (Å²) in [6.07, 6.45) is -0.753. The van der Waals surface area contributed by atoms with Crippen LogP contribution in [0.25, 0.3) is 0 Å². The zero-order valence-electron chi connectivity index (χ0n) is 16.8. The minimum atomic E-state index is -0.753. The zero-order chi connectivity index (χ0) is 20.5. The predicted molar refractivity (Wildman–Crippen MR) is 108 cm³/mol. The molecule has 150 valence electrons. The summed E-state index contributed by atoms with van der Waals surface area (Å²) < 4.78 is 15.8. The second-order valence-electron chi connectivity index (χ2n) is 6.42. The Morgan fingerprint density at radius 1 is 1.04 bits per heavy atom. The van der Waals surface area contributed by atoms with Crippen molar-refractivity contribution in [2.24, 2.45) is 0 Å². The molecule has 0 aliphatic heterocycles. The molecule has 0 saturated carbocycles. The highest BCUT2D eigenvalue weighted by atomic mass is 16.6. The van der Waals surface area contributed by atoms with E-state index in [1.54, 1.807) is 31.2 Å². The number of anilines is 1. The number of ether oxygens (including phenoxy) is 3. The molecule has 2 aromatic carbocycles. The Kier molecular flexibility index (Phi) is 8.02. The molecule has 0 aliphatic carbocycles. The molecule has 1 atom stereocenters. The van der Waals surface area contributed by atoms with E-state index in [9.17, 15) is 9.59 Å². The highest BCUT2D eigenvalue weighted by Crippen LogP contribution is 2.19. The normalized spacial score (nSPS) is 11.6. The molecular weight excluding hydrogens is 358 g/mol. The van der Waals surface area contributed by atoms with Crippen LogP contribution in [0.3, 0.4) is 0 Å². The van der Waals surface area contributed by atoms with Gasteiger partial charge < -0.3 is 19.5 Å². The largest absolute Gasteiger partial charge is 0.479 e. The number of esters is 1. The van der Waals surface area contributed by atoms with Crippen LogP contribution in [0.15, 0.2) is 42.5 Å². The molecule has 1 amide bonds. The molecule has 0 unspecified atom stereocenters. The summed E-state index contributed by atoms with van der Waals surface area (Å²) in [6.45, 7) is 8.58. The Balaban J connectivity index is 1.89. The maximum absolute atomic E-state index is 12.4. The highest BCUT2D eigenvalue weighted by molar-refractivity contribution is 6.04. The molecule has 2 aromatic rings. The molecule has 6 heteroatoms. The van der Waals surface area contributed by atoms with Crippen LogP contribution in [-0.4, -0.2) is 37.8 Å². The smallest absolute Gasteiger partial charge is 0.347 e. The Morgan fingerprint density at radius 2 is 1.75 bits per heavy atom. The zero-order valence-corrected chi connectivity index (χ0v) is 16.8. The van der Waals surface area contributed by atoms with Crippen LogP contribution < -0.4 is 10.1 Å². The topological polar surface area (TPSA) is 73.9 Å². The van der Waals surface area contributed by atoms with Gasteiger partial charge in [0.15, 0.2) is 6.10 Å². The van der Waals surface area contributed by atoms with Gasteiger partial charge in [-0.1, -0.05) is 17.7 Å². The number of benzene rings is 2. The average molecular weight is 385 g/mol. The molecule has 2 rings (SSSR count). The molecule has 0 spiro atoms. The first-order valence-electron chi connectivity index (χ1n) is 9.30. The van der Waals surface area contributed by atoms with Gasteiger partial charge in [-0.25, -0.2) is 4.79 Å². The molecule has 6 nitrogen and oxygen atoms in total. The number of aryl methyl sites for hydroxylation is 2. The third-order valence-corrected chi connectivity index (χ3v) is 4.07. The van der Waals surface area contributed by atoms with Gasteiger partial charge in [-0.05, 0) is 63.6 Å². The van der Waals surface area contributed by atoms with E-state index in [1.165, 1.54) is 0 Å². The molecule has 0 radical (unpaired) electrons. The Bertz CT molecular complexity index is 801. The number of hydrogen-bond donors (Lipinski definition) is 1. The van der Waals surface area contributed by atoms with Gasteiger partial charge in [-0.15, -0.1) is 0 Å². The molecule has 0 aromatic heterocycles. The van der Waals surface area contributed by atoms with E-state index in [4.69, 9.17) is 14.2 Å². The first-order valence-corrected chi connectivity index (χ1v) is 9.30. The van der Waals surface area contributed by atoms with Gasteiger partial charge in [0.2, 0.25) is 0 Å². The Labute approximate surface area is 165 Å². The minimum Gasteiger partial charge on any atom is -0.479 e. The van der Waals surface area contributed by atoms with Crippen molar-refractivity contribution in [1.82, 2.24) is 0 Å². The van der Waals surface area contributed by atoms with Gasteiger partial charge in [0.25, 0.3) is 5.91 Å². The lowest BCUT2D eigenvalue weighted by atomic mass is 10.1. The van der Waals surface area contributed by atoms with Crippen LogP contribution in [0.2, 0.25) is 0 Å². The van der Waals surface area contributed by atoms with E-state index in [0.29, 0.717) is 24.5 Å². The molecule has 0 saturated heterocycles. The number of carbonyl (C=O) groups is 2. The second kappa shape index (κ2) is 10.5. The van der Waals surface area contributed by atoms with Gasteiger partial charge in [-0.3, -0.25) is 4.79 Å². The Hall–Kier alpha value is -2.86. The summed E-state index contributed by atoms with van der Waals surface area (Å²) in [5, 5.41) is 2.90. The van der Waals surface area contributed by atoms with Gasteiger partial charge in [0.05, 0.1) is 6.61 Å². The van der Waals surface area contributed by atoms with Crippen molar-refractivity contribution in [3.8, 4) is 5.75 Å². The Morgan fingerprint density at radius 3 is 2.39 bits per heavy atom. The lowest BCUT2D eigenvalue weighted by molar-refractivity contribution is -0.152. The van der Waals surface area contributed by atoms with Gasteiger partial charge >= 0.3 is 5.97 Å². The van der Waals surface area contributed by atoms with E-state index < -0.39 is 12.1 Å². The summed E-state index contributed by atoms with van der Waals surface area (Å²) >= 11 is 0. The van der Waals surface area contributed by atoms with Crippen molar-refractivity contribution < 1.29 is 23.8 Å². The van der Waals surface area contributed by atoms with Crippen molar-refractivity contribution in [1.29, 1.82) is 0 Å². The third kappa shape index (κ3) is 6.39. The van der Waals surface area contributed by atoms with Crippen LogP contribution in [0, 0.1) is 13.8 Å². The maximum atomic E-state index is 12.4. The molecular formula is C22H27NO5. The van der Waals surface area contributed by atoms with E-state index in [-0.39, 0.29) is 12.5 Å². The van der Waals surface area contributed by atoms with E-state index in [1.807, 2.05) is 39.0 Å². The molecule has 28 heavy (non-hydrogen) atoms. The molecule has 0 bridgehead atoms. The summed E-state index contributed by atoms with van der Waals surface area (Å²) in [4.78, 5) is 24.3. The molecule has 0 heterocycles. The number of nitrogens with one attached hydrogen (secondary N) is 1. The van der Waals surface area contributed by atoms with Crippen LogP contribution in [0.4, 0.5) is 5.69 Å². The fraction of sp³-hybridized carbons (Fsp3) is 0.364. The number of rotatable bonds is 9. The standard InChI is InChI=1S/C22H27NO5/c1-5-26-12-13-27-22(25)17(4)28-19-9-7-18(8-10-19)21(24)23-20-11-6-15(2)14-16(20)3/h6-11,14,17H,5,12-13H2,1-4H3,(H,23,24)/t17-/m0/s1. The van der Waals surface area contributed by atoms with Crippen LogP contribution in [-0.2, 0) is 14.3 Å². The van der Waals surface area contributed by atoms with E-state index in [0.717, 1.165) is 16.8 Å². The maximum Gasteiger partial charge on any atom is 0.347 e. The van der Waals surface area contributed by atoms with Crippen molar-refractivity contribution >= 4 is 17.6 Å². The summed E-state index contributed by atoms with van der Waals surface area (Å²) in [5.74, 6) is -0.185. The molecule has 0 aliphatic rings. The number of carbonyl (C=O) groups excluding carboxylic acids is 2. The third-order valence-electron chi connectivity index (χ3n) is 4.07. The first kappa shape index (κ1) is 21.4. The lowest BCUT2D eigenvalue weighted by Gasteiger charge is -2.14. The highest BCUT2D eigenvalue weighted by Gasteiger charge is 2.16. The molecule has 1 N–H and O–H groups in total. The summed E-state index contributed by atoms with van der Waals surface area (Å²) in [6, 6.07) is 12.5. The molecule has 0 fully saturated rings. The van der Waals surface area contributed by atoms with Crippen molar-refractivity contribution in [3.63, 3.8) is 0 Å². The monoisotopic (exact) mass is 385 g/mol. The minimum absolute atomic E-state index is 0.192. The number of amides is 1. The SMILES string of the molecule is CCOCCOC(=O)[C@H](C)Oc1ccc(C(=O)Nc2ccc(C)cc2C)cc1. The fourth-order valence-corrected chi connectivity index (χ4v) is 2.55. The fourth-order valence-electron chi connectivity index (χ4n) is 2.55.